The molecule has 2 nitrogen and oxygen atoms in total. The van der Waals surface area contributed by atoms with Crippen molar-refractivity contribution in [1.29, 1.82) is 0 Å². The van der Waals surface area contributed by atoms with E-state index in [9.17, 15) is 0 Å². The lowest BCUT2D eigenvalue weighted by atomic mass is 10.1. The summed E-state index contributed by atoms with van der Waals surface area (Å²) in [5.41, 5.74) is 0. The van der Waals surface area contributed by atoms with Crippen molar-refractivity contribution in [2.45, 2.75) is 12.1 Å². The first kappa shape index (κ1) is 9.17. The van der Waals surface area contributed by atoms with E-state index in [1.807, 2.05) is 24.3 Å². The fourth-order valence-corrected chi connectivity index (χ4v) is 1.12. The zero-order chi connectivity index (χ0) is 8.81. The third kappa shape index (κ3) is 2.61. The Morgan fingerprint density at radius 3 is 1.42 bits per heavy atom. The Hall–Kier alpha value is -0.920. The number of nitrogens with zero attached hydrogens (tertiary/aromatic N) is 2. The SMILES string of the molecule is S=C=NC1C=CC(N=C=S)C=C1. The summed E-state index contributed by atoms with van der Waals surface area (Å²) in [6, 6.07) is 0.0261. The van der Waals surface area contributed by atoms with Crippen molar-refractivity contribution in [2.75, 3.05) is 0 Å². The summed E-state index contributed by atoms with van der Waals surface area (Å²) < 4.78 is 0. The molecule has 60 valence electrons. The van der Waals surface area contributed by atoms with E-state index in [-0.39, 0.29) is 12.1 Å². The van der Waals surface area contributed by atoms with Crippen LogP contribution in [0.1, 0.15) is 0 Å². The highest BCUT2D eigenvalue weighted by atomic mass is 32.1. The first-order valence-electron chi connectivity index (χ1n) is 3.37. The predicted molar refractivity (Wildman–Crippen MR) is 55.9 cm³/mol. The number of thiocarbonyl (C=S) groups is 2. The van der Waals surface area contributed by atoms with Gasteiger partial charge in [-0.3, -0.25) is 0 Å². The summed E-state index contributed by atoms with van der Waals surface area (Å²) in [5.74, 6) is 0. The van der Waals surface area contributed by atoms with Gasteiger partial charge in [0.15, 0.2) is 0 Å². The Kier molecular flexibility index (Phi) is 3.71. The van der Waals surface area contributed by atoms with Crippen molar-refractivity contribution in [3.8, 4) is 0 Å². The van der Waals surface area contributed by atoms with E-state index in [1.165, 1.54) is 0 Å². The largest absolute Gasteiger partial charge is 0.221 e. The van der Waals surface area contributed by atoms with Crippen molar-refractivity contribution in [2.24, 2.45) is 9.98 Å². The van der Waals surface area contributed by atoms with Gasteiger partial charge in [-0.15, -0.1) is 0 Å². The molecule has 1 rings (SSSR count). The molecule has 0 amide bonds. The van der Waals surface area contributed by atoms with Gasteiger partial charge >= 0.3 is 0 Å². The molecule has 0 saturated carbocycles. The second-order valence-corrected chi connectivity index (χ2v) is 2.56. The van der Waals surface area contributed by atoms with Gasteiger partial charge in [-0.05, 0) is 24.4 Å². The molecule has 0 aliphatic heterocycles. The van der Waals surface area contributed by atoms with Crippen LogP contribution >= 0.6 is 24.4 Å². The van der Waals surface area contributed by atoms with Crippen LogP contribution in [0.3, 0.4) is 0 Å². The predicted octanol–water partition coefficient (Wildman–Crippen LogP) is 2.06. The maximum atomic E-state index is 4.48. The molecule has 0 atom stereocenters. The maximum absolute atomic E-state index is 4.48. The van der Waals surface area contributed by atoms with Crippen molar-refractivity contribution < 1.29 is 0 Å². The van der Waals surface area contributed by atoms with Crippen LogP contribution in [0.4, 0.5) is 0 Å². The number of isothiocyanates is 2. The quantitative estimate of drug-likeness (QED) is 0.382. The second kappa shape index (κ2) is 4.86. The van der Waals surface area contributed by atoms with Crippen molar-refractivity contribution in [1.82, 2.24) is 0 Å². The van der Waals surface area contributed by atoms with Gasteiger partial charge in [-0.2, -0.15) is 0 Å². The highest BCUT2D eigenvalue weighted by molar-refractivity contribution is 7.78. The molecule has 0 aromatic rings. The van der Waals surface area contributed by atoms with Crippen LogP contribution in [0.5, 0.6) is 0 Å². The zero-order valence-corrected chi connectivity index (χ0v) is 7.81. The molecule has 4 heteroatoms. The fourth-order valence-electron chi connectivity index (χ4n) is 0.878. The van der Waals surface area contributed by atoms with Crippen molar-refractivity contribution in [3.05, 3.63) is 24.3 Å². The van der Waals surface area contributed by atoms with Crippen LogP contribution in [-0.2, 0) is 0 Å². The molecule has 0 spiro atoms. The highest BCUT2D eigenvalue weighted by Crippen LogP contribution is 2.07. The standard InChI is InChI=1S/C8H6N2S2/c11-5-9-7-1-2-8(4-3-7)10-6-12/h1-4,7-8H. The number of rotatable bonds is 2. The summed E-state index contributed by atoms with van der Waals surface area (Å²) in [6.07, 6.45) is 7.61. The molecule has 0 fully saturated rings. The molecule has 0 heterocycles. The smallest absolute Gasteiger partial charge is 0.0966 e. The van der Waals surface area contributed by atoms with E-state index < -0.39 is 0 Å². The lowest BCUT2D eigenvalue weighted by Crippen LogP contribution is -2.05. The van der Waals surface area contributed by atoms with Gasteiger partial charge in [-0.1, -0.05) is 24.3 Å². The summed E-state index contributed by atoms with van der Waals surface area (Å²) in [7, 11) is 0. The van der Waals surface area contributed by atoms with Gasteiger partial charge in [0.25, 0.3) is 0 Å². The molecule has 0 unspecified atom stereocenters. The molecule has 0 bridgehead atoms. The molecule has 0 radical (unpaired) electrons. The minimum absolute atomic E-state index is 0.0130. The van der Waals surface area contributed by atoms with Crippen LogP contribution in [0.15, 0.2) is 34.3 Å². The van der Waals surface area contributed by atoms with Crippen LogP contribution < -0.4 is 0 Å². The van der Waals surface area contributed by atoms with Crippen LogP contribution in [0.2, 0.25) is 0 Å². The van der Waals surface area contributed by atoms with E-state index in [2.05, 4.69) is 44.7 Å². The van der Waals surface area contributed by atoms with E-state index in [1.54, 1.807) is 0 Å². The first-order valence-corrected chi connectivity index (χ1v) is 4.19. The average Bonchev–Trinajstić information content (AvgIpc) is 2.09. The maximum Gasteiger partial charge on any atom is 0.0966 e. The van der Waals surface area contributed by atoms with E-state index in [0.29, 0.717) is 0 Å². The Morgan fingerprint density at radius 2 is 1.17 bits per heavy atom. The Bertz CT molecular complexity index is 263. The van der Waals surface area contributed by atoms with E-state index >= 15 is 0 Å². The van der Waals surface area contributed by atoms with Gasteiger partial charge in [0.05, 0.1) is 22.4 Å². The second-order valence-electron chi connectivity index (χ2n) is 2.19. The summed E-state index contributed by atoms with van der Waals surface area (Å²) in [6.45, 7) is 0. The van der Waals surface area contributed by atoms with Gasteiger partial charge in [0, 0.05) is 0 Å². The summed E-state index contributed by atoms with van der Waals surface area (Å²) in [5, 5.41) is 4.65. The number of hydrogen-bond donors (Lipinski definition) is 0. The average molecular weight is 194 g/mol. The number of hydrogen-bond acceptors (Lipinski definition) is 4. The van der Waals surface area contributed by atoms with Gasteiger partial charge in [0.2, 0.25) is 0 Å². The highest BCUT2D eigenvalue weighted by Gasteiger charge is 2.05. The van der Waals surface area contributed by atoms with Gasteiger partial charge in [-0.25, -0.2) is 9.98 Å². The summed E-state index contributed by atoms with van der Waals surface area (Å²) in [4.78, 5) is 7.76. The lowest BCUT2D eigenvalue weighted by Gasteiger charge is -2.07. The number of aliphatic imine (C=N–C) groups is 2. The normalized spacial score (nSPS) is 25.7. The van der Waals surface area contributed by atoms with Crippen molar-refractivity contribution in [3.63, 3.8) is 0 Å². The molecule has 0 saturated heterocycles. The molecular formula is C8H6N2S2. The first-order chi connectivity index (χ1) is 5.86. The van der Waals surface area contributed by atoms with Crippen molar-refractivity contribution >= 4 is 34.8 Å². The Balaban J connectivity index is 2.65. The zero-order valence-electron chi connectivity index (χ0n) is 6.18. The Morgan fingerprint density at radius 1 is 0.833 bits per heavy atom. The Labute approximate surface area is 81.4 Å². The molecule has 0 aromatic heterocycles. The molecule has 0 aromatic carbocycles. The van der Waals surface area contributed by atoms with E-state index in [0.717, 1.165) is 0 Å². The molecule has 12 heavy (non-hydrogen) atoms. The third-order valence-electron chi connectivity index (χ3n) is 1.41. The van der Waals surface area contributed by atoms with E-state index in [4.69, 9.17) is 0 Å². The molecular weight excluding hydrogens is 188 g/mol. The van der Waals surface area contributed by atoms with Crippen LogP contribution in [0.25, 0.3) is 0 Å². The molecule has 0 N–H and O–H groups in total. The van der Waals surface area contributed by atoms with Crippen LogP contribution in [-0.4, -0.2) is 22.4 Å². The van der Waals surface area contributed by atoms with Gasteiger partial charge < -0.3 is 0 Å². The topological polar surface area (TPSA) is 24.7 Å². The lowest BCUT2D eigenvalue weighted by molar-refractivity contribution is 0.934. The molecule has 1 aliphatic carbocycles. The van der Waals surface area contributed by atoms with Crippen LogP contribution in [0, 0.1) is 0 Å². The van der Waals surface area contributed by atoms with Gasteiger partial charge in [0.1, 0.15) is 0 Å². The molecule has 1 aliphatic rings. The fraction of sp³-hybridized carbons (Fsp3) is 0.250. The minimum atomic E-state index is 0.0130. The third-order valence-corrected chi connectivity index (χ3v) is 1.63. The summed E-state index contributed by atoms with van der Waals surface area (Å²) >= 11 is 8.95. The monoisotopic (exact) mass is 194 g/mol. The minimum Gasteiger partial charge on any atom is -0.221 e.